The average molecular weight is 332 g/mol. The van der Waals surface area contributed by atoms with Crippen molar-refractivity contribution in [2.45, 2.75) is 34.2 Å². The first-order valence-electron chi connectivity index (χ1n) is 8.65. The Labute approximate surface area is 144 Å². The summed E-state index contributed by atoms with van der Waals surface area (Å²) in [5.74, 6) is 1.15. The summed E-state index contributed by atoms with van der Waals surface area (Å²) in [6.45, 7) is 11.1. The SMILES string of the molecule is CC(C)C(=O)NCc1cccnc1N1CCN(C(=O)C(C)C)CC1. The fourth-order valence-corrected chi connectivity index (χ4v) is 2.74. The Morgan fingerprint density at radius 2 is 1.79 bits per heavy atom. The van der Waals surface area contributed by atoms with Crippen LogP contribution in [0.4, 0.5) is 5.82 Å². The molecule has 2 heterocycles. The Hall–Kier alpha value is -2.11. The minimum absolute atomic E-state index is 0.0317. The summed E-state index contributed by atoms with van der Waals surface area (Å²) in [7, 11) is 0. The van der Waals surface area contributed by atoms with Crippen molar-refractivity contribution in [2.24, 2.45) is 11.8 Å². The van der Waals surface area contributed by atoms with E-state index in [0.29, 0.717) is 19.6 Å². The molecule has 0 saturated carbocycles. The van der Waals surface area contributed by atoms with Crippen LogP contribution in [0.25, 0.3) is 0 Å². The van der Waals surface area contributed by atoms with Crippen LogP contribution in [0, 0.1) is 11.8 Å². The predicted molar refractivity (Wildman–Crippen MR) is 94.6 cm³/mol. The van der Waals surface area contributed by atoms with E-state index >= 15 is 0 Å². The molecule has 24 heavy (non-hydrogen) atoms. The Bertz CT molecular complexity index is 578. The van der Waals surface area contributed by atoms with Crippen LogP contribution in [0.2, 0.25) is 0 Å². The first-order valence-corrected chi connectivity index (χ1v) is 8.65. The lowest BCUT2D eigenvalue weighted by Gasteiger charge is -2.37. The average Bonchev–Trinajstić information content (AvgIpc) is 2.59. The molecule has 0 atom stereocenters. The van der Waals surface area contributed by atoms with Crippen LogP contribution in [0.15, 0.2) is 18.3 Å². The van der Waals surface area contributed by atoms with Gasteiger partial charge in [-0.05, 0) is 6.07 Å². The molecule has 0 spiro atoms. The molecule has 2 amide bonds. The fourth-order valence-electron chi connectivity index (χ4n) is 2.74. The van der Waals surface area contributed by atoms with Gasteiger partial charge in [-0.25, -0.2) is 4.98 Å². The van der Waals surface area contributed by atoms with Crippen molar-refractivity contribution in [1.82, 2.24) is 15.2 Å². The maximum atomic E-state index is 12.1. The number of nitrogens with one attached hydrogen (secondary N) is 1. The van der Waals surface area contributed by atoms with Crippen LogP contribution < -0.4 is 10.2 Å². The van der Waals surface area contributed by atoms with Gasteiger partial charge in [0.15, 0.2) is 0 Å². The number of anilines is 1. The minimum Gasteiger partial charge on any atom is -0.353 e. The lowest BCUT2D eigenvalue weighted by Crippen LogP contribution is -2.50. The molecular weight excluding hydrogens is 304 g/mol. The smallest absolute Gasteiger partial charge is 0.225 e. The van der Waals surface area contributed by atoms with Crippen LogP contribution in [0.5, 0.6) is 0 Å². The van der Waals surface area contributed by atoms with E-state index in [1.165, 1.54) is 0 Å². The number of pyridine rings is 1. The number of carbonyl (C=O) groups excluding carboxylic acids is 2. The molecule has 1 aliphatic rings. The number of piperazine rings is 1. The molecule has 6 heteroatoms. The van der Waals surface area contributed by atoms with Gasteiger partial charge in [-0.1, -0.05) is 33.8 Å². The van der Waals surface area contributed by atoms with Crippen LogP contribution in [0.3, 0.4) is 0 Å². The summed E-state index contributed by atoms with van der Waals surface area (Å²) in [6.07, 6.45) is 1.77. The second kappa shape index (κ2) is 8.13. The lowest BCUT2D eigenvalue weighted by atomic mass is 10.1. The van der Waals surface area contributed by atoms with E-state index in [2.05, 4.69) is 15.2 Å². The van der Waals surface area contributed by atoms with Gasteiger partial charge in [0, 0.05) is 56.3 Å². The predicted octanol–water partition coefficient (Wildman–Crippen LogP) is 1.66. The van der Waals surface area contributed by atoms with Crippen molar-refractivity contribution in [3.63, 3.8) is 0 Å². The highest BCUT2D eigenvalue weighted by molar-refractivity contribution is 5.78. The minimum atomic E-state index is -0.0317. The standard InChI is InChI=1S/C18H28N4O2/c1-13(2)17(23)20-12-15-6-5-7-19-16(15)21-8-10-22(11-9-21)18(24)14(3)4/h5-7,13-14H,8-12H2,1-4H3,(H,20,23). The van der Waals surface area contributed by atoms with Crippen molar-refractivity contribution in [1.29, 1.82) is 0 Å². The van der Waals surface area contributed by atoms with E-state index in [4.69, 9.17) is 0 Å². The van der Waals surface area contributed by atoms with Crippen molar-refractivity contribution in [3.05, 3.63) is 23.9 Å². The second-order valence-electron chi connectivity index (χ2n) is 6.83. The van der Waals surface area contributed by atoms with Gasteiger partial charge in [0.2, 0.25) is 11.8 Å². The molecule has 1 aromatic heterocycles. The highest BCUT2D eigenvalue weighted by Crippen LogP contribution is 2.19. The van der Waals surface area contributed by atoms with Gasteiger partial charge in [-0.3, -0.25) is 9.59 Å². The van der Waals surface area contributed by atoms with Crippen molar-refractivity contribution in [2.75, 3.05) is 31.1 Å². The summed E-state index contributed by atoms with van der Waals surface area (Å²) in [5.41, 5.74) is 1.01. The molecule has 2 rings (SSSR count). The van der Waals surface area contributed by atoms with E-state index in [9.17, 15) is 9.59 Å². The van der Waals surface area contributed by atoms with E-state index < -0.39 is 0 Å². The summed E-state index contributed by atoms with van der Waals surface area (Å²) in [6, 6.07) is 3.88. The summed E-state index contributed by atoms with van der Waals surface area (Å²) in [5, 5.41) is 2.95. The number of aromatic nitrogens is 1. The van der Waals surface area contributed by atoms with Crippen LogP contribution in [-0.4, -0.2) is 47.9 Å². The summed E-state index contributed by atoms with van der Waals surface area (Å²) >= 11 is 0. The number of carbonyl (C=O) groups is 2. The van der Waals surface area contributed by atoms with Gasteiger partial charge in [-0.2, -0.15) is 0 Å². The van der Waals surface area contributed by atoms with Crippen LogP contribution in [-0.2, 0) is 16.1 Å². The van der Waals surface area contributed by atoms with Gasteiger partial charge in [-0.15, -0.1) is 0 Å². The van der Waals surface area contributed by atoms with E-state index in [0.717, 1.165) is 24.5 Å². The Kier molecular flexibility index (Phi) is 6.17. The molecule has 1 N–H and O–H groups in total. The molecule has 132 valence electrons. The lowest BCUT2D eigenvalue weighted by molar-refractivity contribution is -0.134. The molecular formula is C18H28N4O2. The number of amides is 2. The van der Waals surface area contributed by atoms with Gasteiger partial charge >= 0.3 is 0 Å². The van der Waals surface area contributed by atoms with Gasteiger partial charge in [0.1, 0.15) is 5.82 Å². The quantitative estimate of drug-likeness (QED) is 0.890. The molecule has 0 unspecified atom stereocenters. The molecule has 0 radical (unpaired) electrons. The Morgan fingerprint density at radius 1 is 1.12 bits per heavy atom. The molecule has 0 aliphatic carbocycles. The summed E-state index contributed by atoms with van der Waals surface area (Å²) < 4.78 is 0. The molecule has 1 saturated heterocycles. The highest BCUT2D eigenvalue weighted by Gasteiger charge is 2.24. The van der Waals surface area contributed by atoms with E-state index in [1.54, 1.807) is 6.20 Å². The van der Waals surface area contributed by atoms with E-state index in [1.807, 2.05) is 44.7 Å². The Morgan fingerprint density at radius 3 is 2.38 bits per heavy atom. The number of rotatable bonds is 5. The zero-order valence-corrected chi connectivity index (χ0v) is 15.1. The molecule has 1 aliphatic heterocycles. The first kappa shape index (κ1) is 18.2. The zero-order valence-electron chi connectivity index (χ0n) is 15.1. The maximum absolute atomic E-state index is 12.1. The number of hydrogen-bond donors (Lipinski definition) is 1. The normalized spacial score (nSPS) is 15.1. The zero-order chi connectivity index (χ0) is 17.7. The third-order valence-electron chi connectivity index (χ3n) is 4.23. The fraction of sp³-hybridized carbons (Fsp3) is 0.611. The van der Waals surface area contributed by atoms with Crippen molar-refractivity contribution in [3.8, 4) is 0 Å². The van der Waals surface area contributed by atoms with Gasteiger partial charge < -0.3 is 15.1 Å². The third kappa shape index (κ3) is 4.46. The topological polar surface area (TPSA) is 65.5 Å². The van der Waals surface area contributed by atoms with Crippen molar-refractivity contribution >= 4 is 17.6 Å². The van der Waals surface area contributed by atoms with Crippen LogP contribution >= 0.6 is 0 Å². The summed E-state index contributed by atoms with van der Waals surface area (Å²) in [4.78, 5) is 32.5. The van der Waals surface area contributed by atoms with Crippen LogP contribution in [0.1, 0.15) is 33.3 Å². The first-order chi connectivity index (χ1) is 11.4. The van der Waals surface area contributed by atoms with Gasteiger partial charge in [0.05, 0.1) is 0 Å². The number of hydrogen-bond acceptors (Lipinski definition) is 4. The third-order valence-corrected chi connectivity index (χ3v) is 4.23. The maximum Gasteiger partial charge on any atom is 0.225 e. The number of nitrogens with zero attached hydrogens (tertiary/aromatic N) is 3. The van der Waals surface area contributed by atoms with Crippen molar-refractivity contribution < 1.29 is 9.59 Å². The second-order valence-corrected chi connectivity index (χ2v) is 6.83. The van der Waals surface area contributed by atoms with Gasteiger partial charge in [0.25, 0.3) is 0 Å². The largest absolute Gasteiger partial charge is 0.353 e. The highest BCUT2D eigenvalue weighted by atomic mass is 16.2. The Balaban J connectivity index is 2.00. The molecule has 0 bridgehead atoms. The molecule has 6 nitrogen and oxygen atoms in total. The molecule has 1 aromatic rings. The monoisotopic (exact) mass is 332 g/mol. The molecule has 1 fully saturated rings. The van der Waals surface area contributed by atoms with E-state index in [-0.39, 0.29) is 23.7 Å². The molecule has 0 aromatic carbocycles.